The minimum atomic E-state index is -0.184. The molecule has 0 aliphatic carbocycles. The first-order valence-corrected chi connectivity index (χ1v) is 7.79. The molecule has 114 valence electrons. The van der Waals surface area contributed by atoms with E-state index >= 15 is 0 Å². The molecule has 0 aliphatic heterocycles. The molecule has 2 rings (SSSR count). The zero-order valence-corrected chi connectivity index (χ0v) is 13.8. The third-order valence-electron chi connectivity index (χ3n) is 3.27. The van der Waals surface area contributed by atoms with Crippen molar-refractivity contribution in [3.63, 3.8) is 0 Å². The van der Waals surface area contributed by atoms with Crippen molar-refractivity contribution in [2.45, 2.75) is 39.3 Å². The summed E-state index contributed by atoms with van der Waals surface area (Å²) in [7, 11) is 1.93. The van der Waals surface area contributed by atoms with E-state index in [0.717, 1.165) is 15.7 Å². The summed E-state index contributed by atoms with van der Waals surface area (Å²) in [6, 6.07) is 6.83. The Balaban J connectivity index is 2.26. The van der Waals surface area contributed by atoms with E-state index in [1.165, 1.54) is 6.07 Å². The molecule has 1 aromatic carbocycles. The van der Waals surface area contributed by atoms with Crippen LogP contribution in [0.3, 0.4) is 0 Å². The average molecular weight is 307 g/mol. The summed E-state index contributed by atoms with van der Waals surface area (Å²) in [5.41, 5.74) is 7.49. The number of hydrogen-bond acceptors (Lipinski definition) is 4. The summed E-state index contributed by atoms with van der Waals surface area (Å²) in [5, 5.41) is 0.878. The first kappa shape index (κ1) is 15.9. The van der Waals surface area contributed by atoms with Gasteiger partial charge in [0.1, 0.15) is 5.82 Å². The first-order chi connectivity index (χ1) is 9.82. The molecule has 0 radical (unpaired) electrons. The molecule has 1 aromatic heterocycles. The Hall–Kier alpha value is -1.46. The van der Waals surface area contributed by atoms with Crippen molar-refractivity contribution in [2.24, 2.45) is 5.73 Å². The van der Waals surface area contributed by atoms with Crippen LogP contribution < -0.4 is 10.6 Å². The highest BCUT2D eigenvalue weighted by molar-refractivity contribution is 7.15. The normalized spacial score (nSPS) is 11.7. The highest BCUT2D eigenvalue weighted by Gasteiger charge is 2.23. The van der Waals surface area contributed by atoms with Gasteiger partial charge in [-0.1, -0.05) is 39.0 Å². The number of nitrogens with two attached hydrogens (primary N) is 1. The topological polar surface area (TPSA) is 42.2 Å². The third kappa shape index (κ3) is 3.60. The van der Waals surface area contributed by atoms with E-state index in [9.17, 15) is 4.39 Å². The van der Waals surface area contributed by atoms with E-state index in [1.54, 1.807) is 23.5 Å². The van der Waals surface area contributed by atoms with Crippen LogP contribution in [0.1, 0.15) is 36.9 Å². The maximum atomic E-state index is 13.7. The van der Waals surface area contributed by atoms with Crippen molar-refractivity contribution in [1.82, 2.24) is 4.98 Å². The Bertz CT molecular complexity index is 616. The summed E-state index contributed by atoms with van der Waals surface area (Å²) in [4.78, 5) is 7.79. The van der Waals surface area contributed by atoms with Gasteiger partial charge in [-0.2, -0.15) is 0 Å². The van der Waals surface area contributed by atoms with Crippen molar-refractivity contribution in [3.8, 4) is 0 Å². The molecule has 0 aliphatic rings. The first-order valence-electron chi connectivity index (χ1n) is 6.97. The summed E-state index contributed by atoms with van der Waals surface area (Å²) < 4.78 is 13.7. The molecule has 2 aromatic rings. The standard InChI is InChI=1S/C16H22FN3S/c1-16(2,3)14-13(9-18)21-15(19-14)20(4)10-11-7-5-6-8-12(11)17/h5-8H,9-10,18H2,1-4H3. The quantitative estimate of drug-likeness (QED) is 0.937. The molecule has 0 spiro atoms. The number of thiazole rings is 1. The number of rotatable bonds is 4. The molecular weight excluding hydrogens is 285 g/mol. The van der Waals surface area contributed by atoms with Gasteiger partial charge in [0, 0.05) is 36.0 Å². The van der Waals surface area contributed by atoms with E-state index in [2.05, 4.69) is 20.8 Å². The Morgan fingerprint density at radius 3 is 2.48 bits per heavy atom. The van der Waals surface area contributed by atoms with Gasteiger partial charge in [0.05, 0.1) is 5.69 Å². The summed E-state index contributed by atoms with van der Waals surface area (Å²) >= 11 is 1.59. The van der Waals surface area contributed by atoms with Gasteiger partial charge in [0.15, 0.2) is 5.13 Å². The fourth-order valence-corrected chi connectivity index (χ4v) is 3.29. The molecule has 3 nitrogen and oxygen atoms in total. The van der Waals surface area contributed by atoms with E-state index in [1.807, 2.05) is 18.0 Å². The van der Waals surface area contributed by atoms with Crippen molar-refractivity contribution in [3.05, 3.63) is 46.2 Å². The fourth-order valence-electron chi connectivity index (χ4n) is 2.18. The second kappa shape index (κ2) is 6.12. The molecule has 5 heteroatoms. The third-order valence-corrected chi connectivity index (χ3v) is 4.47. The van der Waals surface area contributed by atoms with Gasteiger partial charge in [0.2, 0.25) is 0 Å². The highest BCUT2D eigenvalue weighted by Crippen LogP contribution is 2.33. The molecule has 0 bridgehead atoms. The minimum absolute atomic E-state index is 0.0394. The Morgan fingerprint density at radius 1 is 1.29 bits per heavy atom. The number of halogens is 1. The predicted octanol–water partition coefficient (Wildman–Crippen LogP) is 3.67. The summed E-state index contributed by atoms with van der Waals surface area (Å²) in [6.45, 7) is 7.36. The smallest absolute Gasteiger partial charge is 0.185 e. The van der Waals surface area contributed by atoms with Gasteiger partial charge < -0.3 is 10.6 Å². The van der Waals surface area contributed by atoms with E-state index < -0.39 is 0 Å². The van der Waals surface area contributed by atoms with E-state index in [0.29, 0.717) is 18.7 Å². The predicted molar refractivity (Wildman–Crippen MR) is 87.2 cm³/mol. The van der Waals surface area contributed by atoms with Crippen LogP contribution in [0.15, 0.2) is 24.3 Å². The van der Waals surface area contributed by atoms with Crippen molar-refractivity contribution in [1.29, 1.82) is 0 Å². The largest absolute Gasteiger partial charge is 0.347 e. The van der Waals surface area contributed by atoms with E-state index in [-0.39, 0.29) is 11.2 Å². The molecule has 0 unspecified atom stereocenters. The second-order valence-corrected chi connectivity index (χ2v) is 7.23. The van der Waals surface area contributed by atoms with Crippen molar-refractivity contribution >= 4 is 16.5 Å². The van der Waals surface area contributed by atoms with Crippen LogP contribution in [-0.4, -0.2) is 12.0 Å². The van der Waals surface area contributed by atoms with Crippen LogP contribution in [0.5, 0.6) is 0 Å². The maximum absolute atomic E-state index is 13.7. The van der Waals surface area contributed by atoms with Gasteiger partial charge in [-0.15, -0.1) is 11.3 Å². The SMILES string of the molecule is CN(Cc1ccccc1F)c1nc(C(C)(C)C)c(CN)s1. The molecule has 0 saturated carbocycles. The van der Waals surface area contributed by atoms with Gasteiger partial charge in [-0.3, -0.25) is 0 Å². The fraction of sp³-hybridized carbons (Fsp3) is 0.438. The van der Waals surface area contributed by atoms with Crippen LogP contribution in [0, 0.1) is 5.82 Å². The Kier molecular flexibility index (Phi) is 4.64. The van der Waals surface area contributed by atoms with E-state index in [4.69, 9.17) is 10.7 Å². The van der Waals surface area contributed by atoms with Crippen LogP contribution in [0.25, 0.3) is 0 Å². The van der Waals surface area contributed by atoms with Gasteiger partial charge in [-0.25, -0.2) is 9.37 Å². The second-order valence-electron chi connectivity index (χ2n) is 6.17. The minimum Gasteiger partial charge on any atom is -0.347 e. The lowest BCUT2D eigenvalue weighted by atomic mass is 9.91. The molecular formula is C16H22FN3S. The van der Waals surface area contributed by atoms with Gasteiger partial charge >= 0.3 is 0 Å². The Labute approximate surface area is 129 Å². The number of aromatic nitrogens is 1. The molecule has 0 fully saturated rings. The lowest BCUT2D eigenvalue weighted by Gasteiger charge is -2.18. The Morgan fingerprint density at radius 2 is 1.95 bits per heavy atom. The van der Waals surface area contributed by atoms with Crippen LogP contribution in [-0.2, 0) is 18.5 Å². The zero-order chi connectivity index (χ0) is 15.6. The van der Waals surface area contributed by atoms with Crippen LogP contribution in [0.4, 0.5) is 9.52 Å². The number of hydrogen-bond donors (Lipinski definition) is 1. The molecule has 0 saturated heterocycles. The zero-order valence-electron chi connectivity index (χ0n) is 13.0. The van der Waals surface area contributed by atoms with Crippen LogP contribution >= 0.6 is 11.3 Å². The summed E-state index contributed by atoms with van der Waals surface area (Å²) in [5.74, 6) is -0.184. The lowest BCUT2D eigenvalue weighted by Crippen LogP contribution is -2.18. The molecule has 2 N–H and O–H groups in total. The monoisotopic (exact) mass is 307 g/mol. The van der Waals surface area contributed by atoms with Gasteiger partial charge in [0.25, 0.3) is 0 Å². The molecule has 0 amide bonds. The summed E-state index contributed by atoms with van der Waals surface area (Å²) in [6.07, 6.45) is 0. The molecule has 1 heterocycles. The number of anilines is 1. The van der Waals surface area contributed by atoms with Gasteiger partial charge in [-0.05, 0) is 6.07 Å². The van der Waals surface area contributed by atoms with Crippen molar-refractivity contribution in [2.75, 3.05) is 11.9 Å². The lowest BCUT2D eigenvalue weighted by molar-refractivity contribution is 0.565. The average Bonchev–Trinajstić information content (AvgIpc) is 2.85. The van der Waals surface area contributed by atoms with Crippen LogP contribution in [0.2, 0.25) is 0 Å². The maximum Gasteiger partial charge on any atom is 0.185 e. The van der Waals surface area contributed by atoms with Crippen molar-refractivity contribution < 1.29 is 4.39 Å². The highest BCUT2D eigenvalue weighted by atomic mass is 32.1. The molecule has 0 atom stereocenters. The molecule has 21 heavy (non-hydrogen) atoms. The number of benzene rings is 1. The number of nitrogens with zero attached hydrogens (tertiary/aromatic N) is 2.